The van der Waals surface area contributed by atoms with E-state index in [1.165, 1.54) is 4.90 Å². The number of nitrogens with zero attached hydrogens (tertiary/aromatic N) is 1. The van der Waals surface area contributed by atoms with Crippen molar-refractivity contribution in [2.24, 2.45) is 0 Å². The molecule has 1 heterocycles. The molecule has 168 valence electrons. The van der Waals surface area contributed by atoms with Crippen molar-refractivity contribution in [1.29, 1.82) is 0 Å². The van der Waals surface area contributed by atoms with Crippen LogP contribution in [0.1, 0.15) is 17.2 Å². The van der Waals surface area contributed by atoms with Gasteiger partial charge in [-0.2, -0.15) is 0 Å². The van der Waals surface area contributed by atoms with Crippen molar-refractivity contribution < 1.29 is 28.9 Å². The number of rotatable bonds is 6. The molecule has 1 unspecified atom stereocenters. The average molecular weight is 445 g/mol. The van der Waals surface area contributed by atoms with E-state index >= 15 is 0 Å². The first-order valence-electron chi connectivity index (χ1n) is 10.2. The summed E-state index contributed by atoms with van der Waals surface area (Å²) in [6.45, 7) is 0. The Balaban J connectivity index is 1.89. The topological polar surface area (TPSA) is 85.3 Å². The summed E-state index contributed by atoms with van der Waals surface area (Å²) in [5.74, 6) is 0.116. The molecule has 1 saturated heterocycles. The summed E-state index contributed by atoms with van der Waals surface area (Å²) in [6, 6.07) is 19.7. The van der Waals surface area contributed by atoms with Gasteiger partial charge < -0.3 is 19.3 Å². The lowest BCUT2D eigenvalue weighted by Crippen LogP contribution is -2.29. The van der Waals surface area contributed by atoms with E-state index in [1.54, 1.807) is 94.1 Å². The van der Waals surface area contributed by atoms with Crippen molar-refractivity contribution in [3.8, 4) is 17.2 Å². The maximum absolute atomic E-state index is 13.2. The number of amides is 1. The number of benzene rings is 3. The number of ether oxygens (including phenoxy) is 3. The molecule has 7 nitrogen and oxygen atoms in total. The Morgan fingerprint density at radius 3 is 1.67 bits per heavy atom. The maximum Gasteiger partial charge on any atom is 0.300 e. The molecule has 1 aliphatic rings. The van der Waals surface area contributed by atoms with E-state index in [0.29, 0.717) is 34.1 Å². The zero-order valence-electron chi connectivity index (χ0n) is 18.4. The first kappa shape index (κ1) is 22.0. The van der Waals surface area contributed by atoms with E-state index in [-0.39, 0.29) is 11.3 Å². The van der Waals surface area contributed by atoms with Crippen molar-refractivity contribution in [2.45, 2.75) is 6.04 Å². The Hall–Kier alpha value is -4.26. The first-order chi connectivity index (χ1) is 16.0. The molecule has 4 rings (SSSR count). The van der Waals surface area contributed by atoms with Gasteiger partial charge in [0.2, 0.25) is 0 Å². The minimum atomic E-state index is -0.827. The van der Waals surface area contributed by atoms with E-state index in [9.17, 15) is 14.7 Å². The Morgan fingerprint density at radius 1 is 0.727 bits per heavy atom. The van der Waals surface area contributed by atoms with Gasteiger partial charge in [-0.05, 0) is 66.2 Å². The fraction of sp³-hybridized carbons (Fsp3) is 0.154. The summed E-state index contributed by atoms with van der Waals surface area (Å²) in [6.07, 6.45) is 0. The molecule has 3 aromatic carbocycles. The average Bonchev–Trinajstić information content (AvgIpc) is 3.14. The number of carbonyl (C=O) groups is 2. The zero-order chi connectivity index (χ0) is 23.5. The second kappa shape index (κ2) is 9.08. The van der Waals surface area contributed by atoms with Crippen molar-refractivity contribution >= 4 is 23.1 Å². The third-order valence-electron chi connectivity index (χ3n) is 5.59. The number of anilines is 1. The lowest BCUT2D eigenvalue weighted by atomic mass is 9.95. The Kier molecular flexibility index (Phi) is 6.04. The van der Waals surface area contributed by atoms with Crippen LogP contribution in [0.25, 0.3) is 5.76 Å². The van der Waals surface area contributed by atoms with Crippen LogP contribution in [0.2, 0.25) is 0 Å². The normalized spacial score (nSPS) is 17.2. The highest BCUT2D eigenvalue weighted by molar-refractivity contribution is 6.51. The number of aliphatic hydroxyl groups is 1. The van der Waals surface area contributed by atoms with E-state index in [0.717, 1.165) is 0 Å². The monoisotopic (exact) mass is 445 g/mol. The van der Waals surface area contributed by atoms with Crippen molar-refractivity contribution in [2.75, 3.05) is 26.2 Å². The molecule has 1 atom stereocenters. The molecule has 33 heavy (non-hydrogen) atoms. The molecule has 0 aromatic heterocycles. The van der Waals surface area contributed by atoms with Crippen LogP contribution in [-0.4, -0.2) is 38.1 Å². The van der Waals surface area contributed by atoms with Gasteiger partial charge in [0.1, 0.15) is 23.0 Å². The van der Waals surface area contributed by atoms with Gasteiger partial charge in [-0.3, -0.25) is 14.5 Å². The number of hydrogen-bond donors (Lipinski definition) is 1. The third-order valence-corrected chi connectivity index (χ3v) is 5.59. The summed E-state index contributed by atoms with van der Waals surface area (Å²) in [5.41, 5.74) is 1.57. The van der Waals surface area contributed by atoms with Gasteiger partial charge in [-0.25, -0.2) is 0 Å². The van der Waals surface area contributed by atoms with Gasteiger partial charge in [-0.1, -0.05) is 12.1 Å². The van der Waals surface area contributed by atoms with Crippen LogP contribution in [0.3, 0.4) is 0 Å². The van der Waals surface area contributed by atoms with Crippen LogP contribution in [0, 0.1) is 0 Å². The molecule has 1 fully saturated rings. The van der Waals surface area contributed by atoms with Gasteiger partial charge >= 0.3 is 0 Å². The zero-order valence-corrected chi connectivity index (χ0v) is 18.4. The lowest BCUT2D eigenvalue weighted by Gasteiger charge is -2.25. The van der Waals surface area contributed by atoms with Crippen LogP contribution >= 0.6 is 0 Å². The van der Waals surface area contributed by atoms with Crippen LogP contribution in [0.5, 0.6) is 17.2 Å². The Bertz CT molecular complexity index is 1200. The SMILES string of the molecule is COc1ccc(/C(O)=C2/C(=O)C(=O)N(c3ccc(OC)cc3)C2c2ccc(OC)cc2)cc1. The number of Topliss-reactive ketones (excluding diaryl/α,β-unsaturated/α-hetero) is 1. The van der Waals surface area contributed by atoms with E-state index < -0.39 is 17.7 Å². The van der Waals surface area contributed by atoms with Crippen molar-refractivity contribution in [3.63, 3.8) is 0 Å². The van der Waals surface area contributed by atoms with Crippen LogP contribution in [0.15, 0.2) is 78.4 Å². The quantitative estimate of drug-likeness (QED) is 0.345. The highest BCUT2D eigenvalue weighted by Gasteiger charge is 2.47. The Morgan fingerprint density at radius 2 is 1.18 bits per heavy atom. The van der Waals surface area contributed by atoms with Gasteiger partial charge in [0.05, 0.1) is 32.9 Å². The standard InChI is InChI=1S/C26H23NO6/c1-31-19-10-4-16(5-11-19)23-22(24(28)17-6-12-20(32-2)13-7-17)25(29)26(30)27(23)18-8-14-21(33-3)15-9-18/h4-15,23,28H,1-3H3/b24-22-. The molecule has 0 aliphatic carbocycles. The molecule has 0 saturated carbocycles. The molecule has 0 radical (unpaired) electrons. The fourth-order valence-corrected chi connectivity index (χ4v) is 3.85. The highest BCUT2D eigenvalue weighted by Crippen LogP contribution is 2.42. The number of carbonyl (C=O) groups excluding carboxylic acids is 2. The van der Waals surface area contributed by atoms with Gasteiger partial charge in [0, 0.05) is 11.3 Å². The predicted molar refractivity (Wildman–Crippen MR) is 124 cm³/mol. The van der Waals surface area contributed by atoms with Gasteiger partial charge in [0.15, 0.2) is 0 Å². The fourth-order valence-electron chi connectivity index (χ4n) is 3.85. The second-order valence-corrected chi connectivity index (χ2v) is 7.37. The molecule has 1 amide bonds. The number of methoxy groups -OCH3 is 3. The summed E-state index contributed by atoms with van der Waals surface area (Å²) < 4.78 is 15.6. The molecule has 0 bridgehead atoms. The summed E-state index contributed by atoms with van der Waals surface area (Å²) in [7, 11) is 4.65. The van der Waals surface area contributed by atoms with Gasteiger partial charge in [0.25, 0.3) is 11.7 Å². The van der Waals surface area contributed by atoms with Crippen LogP contribution in [-0.2, 0) is 9.59 Å². The summed E-state index contributed by atoms with van der Waals surface area (Å²) in [4.78, 5) is 27.7. The highest BCUT2D eigenvalue weighted by atomic mass is 16.5. The summed E-state index contributed by atoms with van der Waals surface area (Å²) in [5, 5.41) is 11.1. The minimum Gasteiger partial charge on any atom is -0.507 e. The van der Waals surface area contributed by atoms with E-state index in [2.05, 4.69) is 0 Å². The van der Waals surface area contributed by atoms with E-state index in [4.69, 9.17) is 14.2 Å². The molecule has 3 aromatic rings. The molecular weight excluding hydrogens is 422 g/mol. The maximum atomic E-state index is 13.2. The Labute approximate surface area is 191 Å². The molecule has 1 aliphatic heterocycles. The first-order valence-corrected chi connectivity index (χ1v) is 10.2. The lowest BCUT2D eigenvalue weighted by molar-refractivity contribution is -0.132. The van der Waals surface area contributed by atoms with Crippen molar-refractivity contribution in [1.82, 2.24) is 0 Å². The molecular formula is C26H23NO6. The molecule has 7 heteroatoms. The number of ketones is 1. The van der Waals surface area contributed by atoms with Gasteiger partial charge in [-0.15, -0.1) is 0 Å². The number of hydrogen-bond acceptors (Lipinski definition) is 6. The van der Waals surface area contributed by atoms with Crippen molar-refractivity contribution in [3.05, 3.63) is 89.5 Å². The molecule has 1 N–H and O–H groups in total. The summed E-state index contributed by atoms with van der Waals surface area (Å²) >= 11 is 0. The smallest absolute Gasteiger partial charge is 0.300 e. The predicted octanol–water partition coefficient (Wildman–Crippen LogP) is 4.34. The van der Waals surface area contributed by atoms with Crippen LogP contribution in [0.4, 0.5) is 5.69 Å². The van der Waals surface area contributed by atoms with E-state index in [1.807, 2.05) is 0 Å². The third kappa shape index (κ3) is 4.01. The van der Waals surface area contributed by atoms with Crippen LogP contribution < -0.4 is 19.1 Å². The number of aliphatic hydroxyl groups excluding tert-OH is 1. The molecule has 0 spiro atoms. The largest absolute Gasteiger partial charge is 0.507 e. The second-order valence-electron chi connectivity index (χ2n) is 7.37. The minimum absolute atomic E-state index is 0.00570.